The monoisotopic (exact) mass is 354 g/mol. The van der Waals surface area contributed by atoms with Crippen molar-refractivity contribution in [2.24, 2.45) is 0 Å². The molecule has 0 unspecified atom stereocenters. The van der Waals surface area contributed by atoms with E-state index in [4.69, 9.17) is 4.74 Å². The summed E-state index contributed by atoms with van der Waals surface area (Å²) < 4.78 is 6.50. The Hall–Kier alpha value is -1.56. The summed E-state index contributed by atoms with van der Waals surface area (Å²) in [5.41, 5.74) is -0.800. The summed E-state index contributed by atoms with van der Waals surface area (Å²) in [6.07, 6.45) is 0.253. The van der Waals surface area contributed by atoms with Crippen molar-refractivity contribution in [3.63, 3.8) is 0 Å². The molecule has 0 aliphatic carbocycles. The number of ether oxygens (including phenoxy) is 1. The van der Waals surface area contributed by atoms with E-state index in [9.17, 15) is 9.59 Å². The molecule has 2 rings (SSSR count). The molecule has 21 heavy (non-hydrogen) atoms. The van der Waals surface area contributed by atoms with Crippen LogP contribution in [0.5, 0.6) is 5.75 Å². The van der Waals surface area contributed by atoms with E-state index in [0.717, 1.165) is 4.47 Å². The van der Waals surface area contributed by atoms with E-state index in [1.54, 1.807) is 18.7 Å². The number of hydrogen-bond donors (Lipinski definition) is 1. The second kappa shape index (κ2) is 6.47. The first-order chi connectivity index (χ1) is 9.91. The van der Waals surface area contributed by atoms with Gasteiger partial charge in [-0.05, 0) is 32.0 Å². The van der Waals surface area contributed by atoms with Crippen LogP contribution < -0.4 is 10.1 Å². The Kier molecular flexibility index (Phi) is 4.88. The Morgan fingerprint density at radius 2 is 2.24 bits per heavy atom. The Labute approximate surface area is 132 Å². The highest BCUT2D eigenvalue weighted by Gasteiger charge is 2.39. The first-order valence-corrected chi connectivity index (χ1v) is 7.67. The zero-order valence-electron chi connectivity index (χ0n) is 12.2. The fourth-order valence-corrected chi connectivity index (χ4v) is 2.66. The molecule has 6 heteroatoms. The van der Waals surface area contributed by atoms with Gasteiger partial charge in [0, 0.05) is 17.6 Å². The third kappa shape index (κ3) is 3.75. The average molecular weight is 355 g/mol. The lowest BCUT2D eigenvalue weighted by atomic mass is 9.98. The van der Waals surface area contributed by atoms with E-state index in [0.29, 0.717) is 25.4 Å². The van der Waals surface area contributed by atoms with Gasteiger partial charge in [-0.15, -0.1) is 0 Å². The van der Waals surface area contributed by atoms with Crippen LogP contribution >= 0.6 is 15.9 Å². The minimum Gasteiger partial charge on any atom is -0.493 e. The maximum Gasteiger partial charge on any atom is 0.245 e. The zero-order valence-corrected chi connectivity index (χ0v) is 13.8. The van der Waals surface area contributed by atoms with Crippen LogP contribution in [0, 0.1) is 0 Å². The molecule has 1 aliphatic rings. The standard InChI is InChI=1S/C15H19BrN2O3/c1-15(2)14(20)17-7-8-18(15)13(19)6-9-21-12-5-3-4-11(16)10-12/h3-5,10H,6-9H2,1-2H3,(H,17,20). The van der Waals surface area contributed by atoms with Crippen molar-refractivity contribution >= 4 is 27.7 Å². The second-order valence-corrected chi connectivity index (χ2v) is 6.33. The maximum atomic E-state index is 12.3. The summed E-state index contributed by atoms with van der Waals surface area (Å²) in [5.74, 6) is 0.535. The van der Waals surface area contributed by atoms with Crippen molar-refractivity contribution in [3.05, 3.63) is 28.7 Å². The predicted octanol–water partition coefficient (Wildman–Crippen LogP) is 1.95. The van der Waals surface area contributed by atoms with Gasteiger partial charge in [0.1, 0.15) is 11.3 Å². The Bertz CT molecular complexity index is 545. The van der Waals surface area contributed by atoms with Gasteiger partial charge in [-0.25, -0.2) is 0 Å². The first-order valence-electron chi connectivity index (χ1n) is 6.88. The minimum atomic E-state index is -0.800. The van der Waals surface area contributed by atoms with E-state index in [1.165, 1.54) is 0 Å². The highest BCUT2D eigenvalue weighted by Crippen LogP contribution is 2.20. The van der Waals surface area contributed by atoms with Crippen molar-refractivity contribution in [1.29, 1.82) is 0 Å². The van der Waals surface area contributed by atoms with Crippen molar-refractivity contribution in [3.8, 4) is 5.75 Å². The second-order valence-electron chi connectivity index (χ2n) is 5.42. The number of nitrogens with one attached hydrogen (secondary N) is 1. The molecule has 0 bridgehead atoms. The topological polar surface area (TPSA) is 58.6 Å². The van der Waals surface area contributed by atoms with Gasteiger partial charge in [0.15, 0.2) is 0 Å². The van der Waals surface area contributed by atoms with Crippen LogP contribution in [0.1, 0.15) is 20.3 Å². The Morgan fingerprint density at radius 1 is 1.48 bits per heavy atom. The SMILES string of the molecule is CC1(C)C(=O)NCCN1C(=O)CCOc1cccc(Br)c1. The van der Waals surface area contributed by atoms with Crippen LogP contribution in [0.4, 0.5) is 0 Å². The van der Waals surface area contributed by atoms with E-state index < -0.39 is 5.54 Å². The van der Waals surface area contributed by atoms with Gasteiger partial charge >= 0.3 is 0 Å². The van der Waals surface area contributed by atoms with Crippen LogP contribution in [0.15, 0.2) is 28.7 Å². The molecular weight excluding hydrogens is 336 g/mol. The lowest BCUT2D eigenvalue weighted by molar-refractivity contribution is -0.149. The normalized spacial score (nSPS) is 17.3. The third-order valence-corrected chi connectivity index (χ3v) is 4.03. The van der Waals surface area contributed by atoms with Crippen molar-refractivity contribution in [2.45, 2.75) is 25.8 Å². The van der Waals surface area contributed by atoms with Crippen molar-refractivity contribution in [2.75, 3.05) is 19.7 Å². The number of nitrogens with zero attached hydrogens (tertiary/aromatic N) is 1. The summed E-state index contributed by atoms with van der Waals surface area (Å²) in [4.78, 5) is 25.7. The number of hydrogen-bond acceptors (Lipinski definition) is 3. The minimum absolute atomic E-state index is 0.0650. The smallest absolute Gasteiger partial charge is 0.245 e. The molecule has 5 nitrogen and oxygen atoms in total. The summed E-state index contributed by atoms with van der Waals surface area (Å²) >= 11 is 3.37. The number of benzene rings is 1. The third-order valence-electron chi connectivity index (χ3n) is 3.53. The molecule has 1 saturated heterocycles. The molecule has 1 fully saturated rings. The molecule has 0 spiro atoms. The molecule has 0 radical (unpaired) electrons. The van der Waals surface area contributed by atoms with Gasteiger partial charge < -0.3 is 15.0 Å². The molecule has 1 aromatic rings. The van der Waals surface area contributed by atoms with Crippen molar-refractivity contribution < 1.29 is 14.3 Å². The van der Waals surface area contributed by atoms with E-state index in [1.807, 2.05) is 24.3 Å². The van der Waals surface area contributed by atoms with Crippen LogP contribution in [-0.4, -0.2) is 41.9 Å². The first kappa shape index (κ1) is 15.8. The molecule has 0 saturated carbocycles. The van der Waals surface area contributed by atoms with E-state index in [2.05, 4.69) is 21.2 Å². The predicted molar refractivity (Wildman–Crippen MR) is 83.1 cm³/mol. The van der Waals surface area contributed by atoms with Gasteiger partial charge in [-0.2, -0.15) is 0 Å². The van der Waals surface area contributed by atoms with Crippen LogP contribution in [0.25, 0.3) is 0 Å². The van der Waals surface area contributed by atoms with Crippen LogP contribution in [0.2, 0.25) is 0 Å². The van der Waals surface area contributed by atoms with Gasteiger partial charge in [-0.3, -0.25) is 9.59 Å². The average Bonchev–Trinajstić information content (AvgIpc) is 2.41. The molecule has 1 N–H and O–H groups in total. The fraction of sp³-hybridized carbons (Fsp3) is 0.467. The number of piperazine rings is 1. The van der Waals surface area contributed by atoms with Gasteiger partial charge in [0.25, 0.3) is 0 Å². The van der Waals surface area contributed by atoms with Gasteiger partial charge in [0.05, 0.1) is 13.0 Å². The molecule has 1 heterocycles. The molecule has 0 atom stereocenters. The number of rotatable bonds is 4. The molecule has 0 aromatic heterocycles. The summed E-state index contributed by atoms with van der Waals surface area (Å²) in [6.45, 7) is 4.85. The van der Waals surface area contributed by atoms with Crippen molar-refractivity contribution in [1.82, 2.24) is 10.2 Å². The summed E-state index contributed by atoms with van der Waals surface area (Å²) in [6, 6.07) is 7.47. The Balaban J connectivity index is 1.88. The highest BCUT2D eigenvalue weighted by molar-refractivity contribution is 9.10. The number of halogens is 1. The Morgan fingerprint density at radius 3 is 2.95 bits per heavy atom. The van der Waals surface area contributed by atoms with E-state index in [-0.39, 0.29) is 18.2 Å². The van der Waals surface area contributed by atoms with E-state index >= 15 is 0 Å². The molecule has 2 amide bonds. The largest absolute Gasteiger partial charge is 0.493 e. The molecule has 1 aromatic carbocycles. The lowest BCUT2D eigenvalue weighted by Gasteiger charge is -2.41. The zero-order chi connectivity index (χ0) is 15.5. The molecular formula is C15H19BrN2O3. The maximum absolute atomic E-state index is 12.3. The van der Waals surface area contributed by atoms with Crippen LogP contribution in [-0.2, 0) is 9.59 Å². The number of carbonyl (C=O) groups is 2. The fourth-order valence-electron chi connectivity index (χ4n) is 2.28. The summed E-state index contributed by atoms with van der Waals surface area (Å²) in [5, 5.41) is 2.78. The quantitative estimate of drug-likeness (QED) is 0.898. The van der Waals surface area contributed by atoms with Gasteiger partial charge in [0.2, 0.25) is 11.8 Å². The van der Waals surface area contributed by atoms with Crippen LogP contribution in [0.3, 0.4) is 0 Å². The number of amides is 2. The summed E-state index contributed by atoms with van der Waals surface area (Å²) in [7, 11) is 0. The molecule has 114 valence electrons. The highest BCUT2D eigenvalue weighted by atomic mass is 79.9. The van der Waals surface area contributed by atoms with Gasteiger partial charge in [-0.1, -0.05) is 22.0 Å². The molecule has 1 aliphatic heterocycles. The number of carbonyl (C=O) groups excluding carboxylic acids is 2. The lowest BCUT2D eigenvalue weighted by Crippen LogP contribution is -2.63.